The highest BCUT2D eigenvalue weighted by Crippen LogP contribution is 2.36. The first-order valence-electron chi connectivity index (χ1n) is 6.24. The second-order valence-corrected chi connectivity index (χ2v) is 7.08. The van der Waals surface area contributed by atoms with E-state index in [0.717, 1.165) is 22.0 Å². The van der Waals surface area contributed by atoms with Crippen LogP contribution in [0.25, 0.3) is 0 Å². The third-order valence-electron chi connectivity index (χ3n) is 3.68. The van der Waals surface area contributed by atoms with Gasteiger partial charge in [-0.25, -0.2) is 0 Å². The zero-order valence-electron chi connectivity index (χ0n) is 10.2. The largest absolute Gasteiger partial charge is 0.312 e. The first-order chi connectivity index (χ1) is 8.09. The fraction of sp³-hybridized carbons (Fsp3) is 0.571. The summed E-state index contributed by atoms with van der Waals surface area (Å²) in [5.41, 5.74) is 1.87. The second-order valence-electron chi connectivity index (χ2n) is 5.37. The van der Waals surface area contributed by atoms with Gasteiger partial charge in [-0.2, -0.15) is 0 Å². The fourth-order valence-electron chi connectivity index (χ4n) is 2.56. The van der Waals surface area contributed by atoms with E-state index in [-0.39, 0.29) is 0 Å². The van der Waals surface area contributed by atoms with Crippen molar-refractivity contribution in [2.24, 2.45) is 5.41 Å². The maximum Gasteiger partial charge on any atom is 0.0320 e. The van der Waals surface area contributed by atoms with Crippen molar-refractivity contribution in [3.05, 3.63) is 32.7 Å². The van der Waals surface area contributed by atoms with Gasteiger partial charge >= 0.3 is 0 Å². The number of rotatable bonds is 4. The number of halogens is 2. The zero-order valence-corrected chi connectivity index (χ0v) is 13.4. The molecule has 1 nitrogen and oxygen atoms in total. The SMILES string of the molecule is CC1(CNCc2ccc(Br)c(Br)c2)CCCC1. The summed E-state index contributed by atoms with van der Waals surface area (Å²) in [4.78, 5) is 0. The Kier molecular flexibility index (Phi) is 4.67. The Morgan fingerprint density at radius 3 is 2.53 bits per heavy atom. The average Bonchev–Trinajstić information content (AvgIpc) is 2.71. The van der Waals surface area contributed by atoms with Crippen LogP contribution in [0, 0.1) is 5.41 Å². The minimum atomic E-state index is 0.534. The number of hydrogen-bond acceptors (Lipinski definition) is 1. The molecule has 1 aromatic rings. The third-order valence-corrected chi connectivity index (χ3v) is 5.56. The molecule has 1 aliphatic rings. The number of benzene rings is 1. The minimum absolute atomic E-state index is 0.534. The molecular formula is C14H19Br2N. The zero-order chi connectivity index (χ0) is 12.3. The van der Waals surface area contributed by atoms with Gasteiger partial charge in [-0.15, -0.1) is 0 Å². The molecule has 3 heteroatoms. The maximum absolute atomic E-state index is 3.59. The van der Waals surface area contributed by atoms with Gasteiger partial charge < -0.3 is 5.32 Å². The average molecular weight is 361 g/mol. The molecule has 94 valence electrons. The summed E-state index contributed by atoms with van der Waals surface area (Å²) in [5.74, 6) is 0. The summed E-state index contributed by atoms with van der Waals surface area (Å²) in [7, 11) is 0. The standard InChI is InChI=1S/C14H19Br2N/c1-14(6-2-3-7-14)10-17-9-11-4-5-12(15)13(16)8-11/h4-5,8,17H,2-3,6-7,9-10H2,1H3. The van der Waals surface area contributed by atoms with Crippen LogP contribution in [0.4, 0.5) is 0 Å². The topological polar surface area (TPSA) is 12.0 Å². The lowest BCUT2D eigenvalue weighted by Gasteiger charge is -2.23. The molecule has 0 amide bonds. The Balaban J connectivity index is 1.83. The summed E-state index contributed by atoms with van der Waals surface area (Å²) in [6, 6.07) is 6.44. The van der Waals surface area contributed by atoms with E-state index in [1.54, 1.807) is 0 Å². The summed E-state index contributed by atoms with van der Waals surface area (Å²) >= 11 is 7.03. The molecule has 0 heterocycles. The van der Waals surface area contributed by atoms with E-state index in [1.807, 2.05) is 0 Å². The van der Waals surface area contributed by atoms with Crippen molar-refractivity contribution in [3.8, 4) is 0 Å². The highest BCUT2D eigenvalue weighted by Gasteiger charge is 2.27. The predicted octanol–water partition coefficient (Wildman–Crippen LogP) is 4.88. The molecule has 0 radical (unpaired) electrons. The molecule has 0 atom stereocenters. The molecule has 0 aromatic heterocycles. The highest BCUT2D eigenvalue weighted by atomic mass is 79.9. The van der Waals surface area contributed by atoms with E-state index in [0.29, 0.717) is 5.41 Å². The van der Waals surface area contributed by atoms with Crippen LogP contribution in [-0.4, -0.2) is 6.54 Å². The summed E-state index contributed by atoms with van der Waals surface area (Å²) in [5, 5.41) is 3.59. The Hall–Kier alpha value is 0.140. The Labute approximate surface area is 121 Å². The Bertz CT molecular complexity index is 384. The minimum Gasteiger partial charge on any atom is -0.312 e. The Morgan fingerprint density at radius 2 is 1.88 bits per heavy atom. The van der Waals surface area contributed by atoms with Gasteiger partial charge in [0.25, 0.3) is 0 Å². The van der Waals surface area contributed by atoms with Gasteiger partial charge in [0.15, 0.2) is 0 Å². The molecular weight excluding hydrogens is 342 g/mol. The predicted molar refractivity (Wildman–Crippen MR) is 80.1 cm³/mol. The first-order valence-corrected chi connectivity index (χ1v) is 7.82. The lowest BCUT2D eigenvalue weighted by molar-refractivity contribution is 0.314. The van der Waals surface area contributed by atoms with Gasteiger partial charge in [-0.05, 0) is 67.8 Å². The second kappa shape index (κ2) is 5.85. The lowest BCUT2D eigenvalue weighted by atomic mass is 9.89. The van der Waals surface area contributed by atoms with Crippen molar-refractivity contribution >= 4 is 31.9 Å². The molecule has 1 fully saturated rings. The van der Waals surface area contributed by atoms with E-state index < -0.39 is 0 Å². The quantitative estimate of drug-likeness (QED) is 0.806. The fourth-order valence-corrected chi connectivity index (χ4v) is 3.24. The molecule has 0 bridgehead atoms. The first kappa shape index (κ1) is 13.6. The van der Waals surface area contributed by atoms with Crippen LogP contribution in [0.3, 0.4) is 0 Å². The summed E-state index contributed by atoms with van der Waals surface area (Å²) in [6.45, 7) is 4.51. The van der Waals surface area contributed by atoms with Crippen molar-refractivity contribution in [2.45, 2.75) is 39.2 Å². The van der Waals surface area contributed by atoms with Gasteiger partial charge in [0.05, 0.1) is 0 Å². The monoisotopic (exact) mass is 359 g/mol. The van der Waals surface area contributed by atoms with Crippen LogP contribution in [0.1, 0.15) is 38.2 Å². The van der Waals surface area contributed by atoms with Gasteiger partial charge in [0, 0.05) is 22.0 Å². The number of nitrogens with one attached hydrogen (secondary N) is 1. The van der Waals surface area contributed by atoms with E-state index in [1.165, 1.54) is 31.2 Å². The van der Waals surface area contributed by atoms with Gasteiger partial charge in [-0.1, -0.05) is 25.8 Å². The van der Waals surface area contributed by atoms with Crippen molar-refractivity contribution in [1.29, 1.82) is 0 Å². The van der Waals surface area contributed by atoms with E-state index >= 15 is 0 Å². The van der Waals surface area contributed by atoms with Crippen molar-refractivity contribution in [3.63, 3.8) is 0 Å². The summed E-state index contributed by atoms with van der Waals surface area (Å²) in [6.07, 6.45) is 5.57. The molecule has 2 rings (SSSR count). The van der Waals surface area contributed by atoms with E-state index in [2.05, 4.69) is 62.3 Å². The Morgan fingerprint density at radius 1 is 1.18 bits per heavy atom. The lowest BCUT2D eigenvalue weighted by Crippen LogP contribution is -2.29. The van der Waals surface area contributed by atoms with E-state index in [4.69, 9.17) is 0 Å². The van der Waals surface area contributed by atoms with Gasteiger partial charge in [0.2, 0.25) is 0 Å². The van der Waals surface area contributed by atoms with Crippen LogP contribution in [0.15, 0.2) is 27.1 Å². The van der Waals surface area contributed by atoms with Crippen molar-refractivity contribution < 1.29 is 0 Å². The molecule has 1 aromatic carbocycles. The van der Waals surface area contributed by atoms with Gasteiger partial charge in [0.1, 0.15) is 0 Å². The maximum atomic E-state index is 3.59. The van der Waals surface area contributed by atoms with Crippen LogP contribution < -0.4 is 5.32 Å². The molecule has 0 spiro atoms. The van der Waals surface area contributed by atoms with Crippen LogP contribution in [0.5, 0.6) is 0 Å². The third kappa shape index (κ3) is 3.80. The van der Waals surface area contributed by atoms with Crippen molar-refractivity contribution in [1.82, 2.24) is 5.32 Å². The van der Waals surface area contributed by atoms with Crippen LogP contribution in [-0.2, 0) is 6.54 Å². The van der Waals surface area contributed by atoms with Gasteiger partial charge in [-0.3, -0.25) is 0 Å². The molecule has 0 aliphatic heterocycles. The highest BCUT2D eigenvalue weighted by molar-refractivity contribution is 9.13. The normalized spacial score (nSPS) is 18.5. The van der Waals surface area contributed by atoms with Crippen LogP contribution >= 0.6 is 31.9 Å². The number of hydrogen-bond donors (Lipinski definition) is 1. The van der Waals surface area contributed by atoms with E-state index in [9.17, 15) is 0 Å². The molecule has 0 unspecified atom stereocenters. The van der Waals surface area contributed by atoms with Crippen molar-refractivity contribution in [2.75, 3.05) is 6.54 Å². The smallest absolute Gasteiger partial charge is 0.0320 e. The molecule has 0 saturated heterocycles. The molecule has 1 aliphatic carbocycles. The molecule has 1 N–H and O–H groups in total. The van der Waals surface area contributed by atoms with Crippen LogP contribution in [0.2, 0.25) is 0 Å². The summed E-state index contributed by atoms with van der Waals surface area (Å²) < 4.78 is 2.24. The molecule has 1 saturated carbocycles. The molecule has 17 heavy (non-hydrogen) atoms.